The fourth-order valence-corrected chi connectivity index (χ4v) is 3.68. The number of amides is 1. The van der Waals surface area contributed by atoms with Crippen LogP contribution in [0.3, 0.4) is 0 Å². The monoisotopic (exact) mass is 406 g/mol. The Morgan fingerprint density at radius 3 is 2.45 bits per heavy atom. The molecule has 1 fully saturated rings. The predicted octanol–water partition coefficient (Wildman–Crippen LogP) is 4.31. The second-order valence-corrected chi connectivity index (χ2v) is 7.55. The van der Waals surface area contributed by atoms with Crippen LogP contribution in [0.5, 0.6) is 0 Å². The van der Waals surface area contributed by atoms with Gasteiger partial charge in [-0.05, 0) is 42.0 Å². The van der Waals surface area contributed by atoms with Crippen LogP contribution < -0.4 is 10.2 Å². The Bertz CT molecular complexity index is 954. The topological polar surface area (TPSA) is 48.5 Å². The maximum absolute atomic E-state index is 12.2. The molecule has 2 aromatic carbocycles. The lowest BCUT2D eigenvalue weighted by Gasteiger charge is -2.35. The van der Waals surface area contributed by atoms with Crippen LogP contribution in [0.1, 0.15) is 15.9 Å². The van der Waals surface area contributed by atoms with Gasteiger partial charge in [0.05, 0.1) is 11.9 Å². The first kappa shape index (κ1) is 19.4. The minimum Gasteiger partial charge on any atom is -0.354 e. The Kier molecular flexibility index (Phi) is 6.08. The van der Waals surface area contributed by atoms with Crippen LogP contribution >= 0.6 is 11.6 Å². The van der Waals surface area contributed by atoms with E-state index in [4.69, 9.17) is 11.6 Å². The van der Waals surface area contributed by atoms with E-state index in [0.29, 0.717) is 11.3 Å². The lowest BCUT2D eigenvalue weighted by Crippen LogP contribution is -2.46. The fourth-order valence-electron chi connectivity index (χ4n) is 3.47. The van der Waals surface area contributed by atoms with E-state index >= 15 is 0 Å². The van der Waals surface area contributed by atoms with E-state index in [9.17, 15) is 4.79 Å². The molecule has 1 amide bonds. The molecular formula is C23H23ClN4O. The largest absolute Gasteiger partial charge is 0.354 e. The van der Waals surface area contributed by atoms with Gasteiger partial charge < -0.3 is 10.2 Å². The van der Waals surface area contributed by atoms with Crippen LogP contribution in [-0.2, 0) is 6.54 Å². The van der Waals surface area contributed by atoms with Gasteiger partial charge in [0, 0.05) is 43.3 Å². The zero-order valence-electron chi connectivity index (χ0n) is 16.1. The molecule has 4 rings (SSSR count). The van der Waals surface area contributed by atoms with Crippen molar-refractivity contribution in [1.29, 1.82) is 0 Å². The molecule has 0 saturated carbocycles. The summed E-state index contributed by atoms with van der Waals surface area (Å²) in [6.07, 6.45) is 1.72. The standard InChI is InChI=1S/C23H23ClN4O/c24-20-8-4-5-18(15-20)17-27-11-13-28(14-12-27)22-10-9-21(16-25-22)26-23(29)19-6-2-1-3-7-19/h1-10,15-16H,11-14,17H2,(H,26,29). The summed E-state index contributed by atoms with van der Waals surface area (Å²) in [7, 11) is 0. The maximum atomic E-state index is 12.2. The highest BCUT2D eigenvalue weighted by Crippen LogP contribution is 2.18. The number of nitrogens with zero attached hydrogens (tertiary/aromatic N) is 3. The van der Waals surface area contributed by atoms with E-state index in [2.05, 4.69) is 26.2 Å². The third-order valence-corrected chi connectivity index (χ3v) is 5.27. The molecule has 0 bridgehead atoms. The number of pyridine rings is 1. The molecule has 5 nitrogen and oxygen atoms in total. The van der Waals surface area contributed by atoms with Crippen LogP contribution in [-0.4, -0.2) is 42.0 Å². The Morgan fingerprint density at radius 1 is 0.966 bits per heavy atom. The summed E-state index contributed by atoms with van der Waals surface area (Å²) < 4.78 is 0. The number of halogens is 1. The molecule has 0 aliphatic carbocycles. The molecule has 29 heavy (non-hydrogen) atoms. The first-order valence-electron chi connectivity index (χ1n) is 9.71. The number of hydrogen-bond acceptors (Lipinski definition) is 4. The van der Waals surface area contributed by atoms with Crippen LogP contribution in [0.25, 0.3) is 0 Å². The Morgan fingerprint density at radius 2 is 1.76 bits per heavy atom. The van der Waals surface area contributed by atoms with Crippen LogP contribution in [0, 0.1) is 0 Å². The third-order valence-electron chi connectivity index (χ3n) is 5.03. The number of hydrogen-bond donors (Lipinski definition) is 1. The number of piperazine rings is 1. The van der Waals surface area contributed by atoms with Crippen molar-refractivity contribution in [3.63, 3.8) is 0 Å². The molecule has 6 heteroatoms. The van der Waals surface area contributed by atoms with Gasteiger partial charge in [0.2, 0.25) is 0 Å². The number of carbonyl (C=O) groups is 1. The smallest absolute Gasteiger partial charge is 0.255 e. The number of rotatable bonds is 5. The fraction of sp³-hybridized carbons (Fsp3) is 0.217. The van der Waals surface area contributed by atoms with Crippen molar-refractivity contribution in [2.45, 2.75) is 6.54 Å². The quantitative estimate of drug-likeness (QED) is 0.686. The minimum atomic E-state index is -0.130. The highest BCUT2D eigenvalue weighted by atomic mass is 35.5. The summed E-state index contributed by atoms with van der Waals surface area (Å²) in [6.45, 7) is 4.69. The number of benzene rings is 2. The van der Waals surface area contributed by atoms with Gasteiger partial charge in [-0.1, -0.05) is 41.9 Å². The molecular weight excluding hydrogens is 384 g/mol. The van der Waals surface area contributed by atoms with E-state index in [-0.39, 0.29) is 5.91 Å². The average molecular weight is 407 g/mol. The molecule has 1 N–H and O–H groups in total. The summed E-state index contributed by atoms with van der Waals surface area (Å²) in [4.78, 5) is 21.5. The van der Waals surface area contributed by atoms with Gasteiger partial charge in [0.25, 0.3) is 5.91 Å². The van der Waals surface area contributed by atoms with Crippen molar-refractivity contribution in [1.82, 2.24) is 9.88 Å². The van der Waals surface area contributed by atoms with Crippen molar-refractivity contribution in [2.75, 3.05) is 36.4 Å². The van der Waals surface area contributed by atoms with Gasteiger partial charge >= 0.3 is 0 Å². The zero-order chi connectivity index (χ0) is 20.1. The van der Waals surface area contributed by atoms with Crippen molar-refractivity contribution in [3.05, 3.63) is 89.1 Å². The third kappa shape index (κ3) is 5.13. The van der Waals surface area contributed by atoms with Gasteiger partial charge in [-0.3, -0.25) is 9.69 Å². The van der Waals surface area contributed by atoms with Crippen LogP contribution in [0.4, 0.5) is 11.5 Å². The molecule has 3 aromatic rings. The molecule has 1 aliphatic rings. The lowest BCUT2D eigenvalue weighted by molar-refractivity contribution is 0.102. The lowest BCUT2D eigenvalue weighted by atomic mass is 10.2. The summed E-state index contributed by atoms with van der Waals surface area (Å²) in [6, 6.07) is 21.1. The molecule has 1 aliphatic heterocycles. The molecule has 0 radical (unpaired) electrons. The van der Waals surface area contributed by atoms with E-state index in [0.717, 1.165) is 43.6 Å². The van der Waals surface area contributed by atoms with Crippen molar-refractivity contribution in [2.24, 2.45) is 0 Å². The van der Waals surface area contributed by atoms with Crippen molar-refractivity contribution < 1.29 is 4.79 Å². The highest BCUT2D eigenvalue weighted by Gasteiger charge is 2.18. The van der Waals surface area contributed by atoms with Gasteiger partial charge in [-0.2, -0.15) is 0 Å². The molecule has 148 valence electrons. The van der Waals surface area contributed by atoms with E-state index < -0.39 is 0 Å². The molecule has 2 heterocycles. The number of carbonyl (C=O) groups excluding carboxylic acids is 1. The normalized spacial score (nSPS) is 14.6. The Hall–Kier alpha value is -2.89. The van der Waals surface area contributed by atoms with Gasteiger partial charge in [0.1, 0.15) is 5.82 Å². The second-order valence-electron chi connectivity index (χ2n) is 7.12. The van der Waals surface area contributed by atoms with Crippen molar-refractivity contribution in [3.8, 4) is 0 Å². The van der Waals surface area contributed by atoms with E-state index in [1.54, 1.807) is 18.3 Å². The molecule has 1 aromatic heterocycles. The summed E-state index contributed by atoms with van der Waals surface area (Å²) in [5.41, 5.74) is 2.57. The number of anilines is 2. The molecule has 0 atom stereocenters. The van der Waals surface area contributed by atoms with Crippen LogP contribution in [0.15, 0.2) is 72.9 Å². The Labute approximate surface area is 175 Å². The minimum absolute atomic E-state index is 0.130. The summed E-state index contributed by atoms with van der Waals surface area (Å²) >= 11 is 6.08. The van der Waals surface area contributed by atoms with Gasteiger partial charge in [0.15, 0.2) is 0 Å². The average Bonchev–Trinajstić information content (AvgIpc) is 2.76. The zero-order valence-corrected chi connectivity index (χ0v) is 16.8. The predicted molar refractivity (Wildman–Crippen MR) is 118 cm³/mol. The van der Waals surface area contributed by atoms with E-state index in [1.807, 2.05) is 48.5 Å². The molecule has 1 saturated heterocycles. The summed E-state index contributed by atoms with van der Waals surface area (Å²) in [5, 5.41) is 3.67. The van der Waals surface area contributed by atoms with Gasteiger partial charge in [-0.15, -0.1) is 0 Å². The van der Waals surface area contributed by atoms with E-state index in [1.165, 1.54) is 5.56 Å². The first-order valence-corrected chi connectivity index (χ1v) is 10.1. The number of nitrogens with one attached hydrogen (secondary N) is 1. The van der Waals surface area contributed by atoms with Crippen molar-refractivity contribution >= 4 is 29.0 Å². The highest BCUT2D eigenvalue weighted by molar-refractivity contribution is 6.30. The van der Waals surface area contributed by atoms with Crippen LogP contribution in [0.2, 0.25) is 5.02 Å². The molecule has 0 unspecified atom stereocenters. The number of aromatic nitrogens is 1. The van der Waals surface area contributed by atoms with Gasteiger partial charge in [-0.25, -0.2) is 4.98 Å². The second kappa shape index (κ2) is 9.07. The first-order chi connectivity index (χ1) is 14.2. The molecule has 0 spiro atoms. The Balaban J connectivity index is 1.30. The summed E-state index contributed by atoms with van der Waals surface area (Å²) in [5.74, 6) is 0.805. The maximum Gasteiger partial charge on any atom is 0.255 e. The SMILES string of the molecule is O=C(Nc1ccc(N2CCN(Cc3cccc(Cl)c3)CC2)nc1)c1ccccc1.